The van der Waals surface area contributed by atoms with E-state index in [0.29, 0.717) is 17.4 Å². The number of allylic oxidation sites excluding steroid dienone is 19. The van der Waals surface area contributed by atoms with Crippen LogP contribution in [0, 0.1) is 0 Å². The number of nitrogens with zero attached hydrogens (tertiary/aromatic N) is 1. The van der Waals surface area contributed by atoms with Crippen molar-refractivity contribution in [3.05, 3.63) is 122 Å². The van der Waals surface area contributed by atoms with Crippen LogP contribution >= 0.6 is 7.82 Å². The van der Waals surface area contributed by atoms with Crippen LogP contribution in [0.25, 0.3) is 0 Å². The normalized spacial score (nSPS) is 14.5. The lowest BCUT2D eigenvalue weighted by Crippen LogP contribution is -2.47. The van der Waals surface area contributed by atoms with Crippen molar-refractivity contribution in [1.82, 2.24) is 5.32 Å². The molecule has 0 fully saturated rings. The van der Waals surface area contributed by atoms with E-state index in [0.717, 1.165) is 135 Å². The molecule has 0 aliphatic carbocycles. The van der Waals surface area contributed by atoms with Gasteiger partial charge >= 0.3 is 13.8 Å². The summed E-state index contributed by atoms with van der Waals surface area (Å²) in [5, 5.41) is 3.04. The second-order valence-corrected chi connectivity index (χ2v) is 23.7. The lowest BCUT2D eigenvalue weighted by Gasteiger charge is -2.27. The minimum absolute atomic E-state index is 0.0284. The van der Waals surface area contributed by atoms with Crippen LogP contribution in [0.3, 0.4) is 0 Å². The highest BCUT2D eigenvalue weighted by Gasteiger charge is 2.30. The molecule has 1 amide bonds. The van der Waals surface area contributed by atoms with Crippen molar-refractivity contribution in [3.63, 3.8) is 0 Å². The van der Waals surface area contributed by atoms with Gasteiger partial charge in [0.1, 0.15) is 19.3 Å². The third-order valence-corrected chi connectivity index (χ3v) is 14.4. The maximum atomic E-state index is 13.5. The zero-order chi connectivity index (χ0) is 57.9. The van der Waals surface area contributed by atoms with Gasteiger partial charge in [0, 0.05) is 12.8 Å². The Balaban J connectivity index is 5.17. The summed E-state index contributed by atoms with van der Waals surface area (Å²) in [6, 6.07) is -0.870. The van der Waals surface area contributed by atoms with Crippen LogP contribution in [0.2, 0.25) is 0 Å². The van der Waals surface area contributed by atoms with E-state index in [1.54, 1.807) is 0 Å². The Morgan fingerprint density at radius 1 is 0.468 bits per heavy atom. The minimum atomic E-state index is -4.46. The van der Waals surface area contributed by atoms with Gasteiger partial charge in [-0.25, -0.2) is 4.57 Å². The molecule has 3 unspecified atom stereocenters. The van der Waals surface area contributed by atoms with E-state index in [1.165, 1.54) is 83.5 Å². The average molecular weight is 1120 g/mol. The van der Waals surface area contributed by atoms with Crippen LogP contribution < -0.4 is 5.32 Å². The van der Waals surface area contributed by atoms with Crippen molar-refractivity contribution in [3.8, 4) is 0 Å². The number of likely N-dealkylation sites (N-methyl/N-ethyl adjacent to an activating group) is 1. The molecule has 0 saturated carbocycles. The van der Waals surface area contributed by atoms with Gasteiger partial charge in [-0.05, 0) is 102 Å². The number of carbonyl (C=O) groups is 2. The number of hydrogen-bond donors (Lipinski definition) is 2. The zero-order valence-corrected chi connectivity index (χ0v) is 52.5. The topological polar surface area (TPSA) is 111 Å². The number of quaternary nitrogens is 1. The highest BCUT2D eigenvalue weighted by Crippen LogP contribution is 2.43. The molecule has 10 heteroatoms. The van der Waals surface area contributed by atoms with Crippen molar-refractivity contribution < 1.29 is 37.3 Å². The third kappa shape index (κ3) is 58.9. The van der Waals surface area contributed by atoms with Gasteiger partial charge in [0.2, 0.25) is 5.91 Å². The van der Waals surface area contributed by atoms with Crippen LogP contribution in [0.15, 0.2) is 122 Å². The molecule has 0 aromatic rings. The second-order valence-electron chi connectivity index (χ2n) is 22.2. The predicted octanol–water partition coefficient (Wildman–Crippen LogP) is 19.9. The molecule has 2 N–H and O–H groups in total. The van der Waals surface area contributed by atoms with E-state index in [-0.39, 0.29) is 31.5 Å². The molecule has 0 spiro atoms. The number of ether oxygens (including phenoxy) is 1. The van der Waals surface area contributed by atoms with Crippen LogP contribution in [0.4, 0.5) is 0 Å². The van der Waals surface area contributed by atoms with Gasteiger partial charge < -0.3 is 19.4 Å². The van der Waals surface area contributed by atoms with Gasteiger partial charge in [-0.1, -0.05) is 258 Å². The zero-order valence-electron chi connectivity index (χ0n) is 51.6. The van der Waals surface area contributed by atoms with E-state index in [2.05, 4.69) is 135 Å². The van der Waals surface area contributed by atoms with Gasteiger partial charge in [-0.2, -0.15) is 0 Å². The van der Waals surface area contributed by atoms with E-state index in [9.17, 15) is 19.0 Å². The minimum Gasteiger partial charge on any atom is -0.456 e. The molecule has 0 heterocycles. The fourth-order valence-electron chi connectivity index (χ4n) is 8.59. The van der Waals surface area contributed by atoms with Gasteiger partial charge in [0.15, 0.2) is 0 Å². The van der Waals surface area contributed by atoms with E-state index in [1.807, 2.05) is 33.3 Å². The molecule has 3 atom stereocenters. The quantitative estimate of drug-likeness (QED) is 0.0156. The molecule has 0 bridgehead atoms. The highest BCUT2D eigenvalue weighted by molar-refractivity contribution is 7.47. The Labute approximate surface area is 486 Å². The third-order valence-electron chi connectivity index (χ3n) is 13.5. The molecule has 79 heavy (non-hydrogen) atoms. The molecule has 0 aromatic carbocycles. The Morgan fingerprint density at radius 3 is 1.35 bits per heavy atom. The largest absolute Gasteiger partial charge is 0.472 e. The first kappa shape index (κ1) is 75.4. The number of phosphoric ester groups is 1. The molecule has 0 aliphatic rings. The number of phosphoric acid groups is 1. The first-order valence-electron chi connectivity index (χ1n) is 31.9. The fourth-order valence-corrected chi connectivity index (χ4v) is 9.33. The van der Waals surface area contributed by atoms with Gasteiger partial charge in [0.05, 0.1) is 33.8 Å². The van der Waals surface area contributed by atoms with Crippen LogP contribution in [-0.2, 0) is 27.9 Å². The molecule has 9 nitrogen and oxygen atoms in total. The average Bonchev–Trinajstić information content (AvgIpc) is 3.41. The predicted molar refractivity (Wildman–Crippen MR) is 341 cm³/mol. The lowest BCUT2D eigenvalue weighted by molar-refractivity contribution is -0.870. The maximum absolute atomic E-state index is 13.5. The van der Waals surface area contributed by atoms with Crippen molar-refractivity contribution in [2.45, 2.75) is 264 Å². The molecule has 0 aliphatic heterocycles. The molecular weight excluding hydrogens is 1000 g/mol. The fraction of sp³-hybridized carbons (Fsp3) is 0.681. The van der Waals surface area contributed by atoms with Crippen LogP contribution in [0.5, 0.6) is 0 Å². The van der Waals surface area contributed by atoms with Crippen LogP contribution in [0.1, 0.15) is 252 Å². The molecule has 0 saturated heterocycles. The van der Waals surface area contributed by atoms with Crippen molar-refractivity contribution >= 4 is 19.7 Å². The molecule has 0 aromatic heterocycles. The summed E-state index contributed by atoms with van der Waals surface area (Å²) in [6.45, 7) is 6.73. The first-order valence-corrected chi connectivity index (χ1v) is 33.4. The standard InChI is InChI=1S/C69H119N2O7P/c1-7-10-13-16-19-22-25-28-29-30-31-32-33-34-35-36-37-38-39-40-41-44-47-50-53-56-59-62-69(73)78-67(60-57-54-51-48-45-42-26-23-20-17-14-11-8-2)66(65-77-79(74,75)76-64-63-71(4,5)6)70-68(72)61-58-55-52-49-46-43-27-24-21-18-15-12-9-3/h10,12-13,15,18-19,21-22,24,27-29,31-32,34-35,37-38,57,60,66-67H,7-9,11,14,16-17,20,23,25-26,30,33,36,39-56,58-59,61-65H2,1-6H3,(H-,70,72,74,75)/p+1/b13-10-,15-12+,21-18+,22-19-,27-24-,29-28-,32-31-,35-34-,38-37-,60-57-. The second kappa shape index (κ2) is 57.6. The Morgan fingerprint density at radius 2 is 0.873 bits per heavy atom. The van der Waals surface area contributed by atoms with Gasteiger partial charge in [-0.15, -0.1) is 0 Å². The summed E-state index contributed by atoms with van der Waals surface area (Å²) < 4.78 is 30.7. The number of nitrogens with one attached hydrogen (secondary N) is 1. The summed E-state index contributed by atoms with van der Waals surface area (Å²) in [6.07, 6.45) is 80.6. The summed E-state index contributed by atoms with van der Waals surface area (Å²) in [5.41, 5.74) is 0. The van der Waals surface area contributed by atoms with Crippen LogP contribution in [-0.4, -0.2) is 74.3 Å². The van der Waals surface area contributed by atoms with Gasteiger partial charge in [0.25, 0.3) is 0 Å². The Bertz CT molecular complexity index is 1770. The number of amides is 1. The highest BCUT2D eigenvalue weighted by atomic mass is 31.2. The van der Waals surface area contributed by atoms with E-state index < -0.39 is 20.0 Å². The SMILES string of the molecule is CC/C=C\C/C=C\C/C=C\C/C=C\C/C=C\C/C=C\CCCCCCCCCCC(=O)OC(/C=C\CCCCCCCCCCCCC)C(COP(=O)(O)OCC[N+](C)(C)C)NC(=O)CCCCCCC\C=C/C=C/C=C/CC. The Hall–Kier alpha value is -3.59. The Kier molecular flexibility index (Phi) is 55.0. The first-order chi connectivity index (χ1) is 38.4. The summed E-state index contributed by atoms with van der Waals surface area (Å²) >= 11 is 0. The number of unbranched alkanes of at least 4 members (excludes halogenated alkanes) is 24. The smallest absolute Gasteiger partial charge is 0.456 e. The van der Waals surface area contributed by atoms with Crippen molar-refractivity contribution in [2.75, 3.05) is 40.9 Å². The van der Waals surface area contributed by atoms with E-state index >= 15 is 0 Å². The maximum Gasteiger partial charge on any atom is 0.472 e. The number of carbonyl (C=O) groups excluding carboxylic acids is 2. The van der Waals surface area contributed by atoms with Crippen molar-refractivity contribution in [2.24, 2.45) is 0 Å². The molecule has 0 rings (SSSR count). The summed E-state index contributed by atoms with van der Waals surface area (Å²) in [7, 11) is 1.46. The summed E-state index contributed by atoms with van der Waals surface area (Å²) in [4.78, 5) is 37.7. The molecular formula is C69H120N2O7P+. The van der Waals surface area contributed by atoms with Crippen molar-refractivity contribution in [1.29, 1.82) is 0 Å². The summed E-state index contributed by atoms with van der Waals surface area (Å²) in [5.74, 6) is -0.545. The van der Waals surface area contributed by atoms with Gasteiger partial charge in [-0.3, -0.25) is 18.6 Å². The number of rotatable bonds is 56. The number of hydrogen-bond acceptors (Lipinski definition) is 6. The molecule has 0 radical (unpaired) electrons. The lowest BCUT2D eigenvalue weighted by atomic mass is 10.0. The monoisotopic (exact) mass is 1120 g/mol. The molecule has 452 valence electrons. The number of esters is 1. The van der Waals surface area contributed by atoms with E-state index in [4.69, 9.17) is 13.8 Å².